The number of likely N-dealkylation sites (tertiary alicyclic amines) is 1. The first kappa shape index (κ1) is 22.0. The molecule has 7 heteroatoms. The zero-order valence-electron chi connectivity index (χ0n) is 17.4. The summed E-state index contributed by atoms with van der Waals surface area (Å²) in [6, 6.07) is 9.41. The molecule has 166 valence electrons. The van der Waals surface area contributed by atoms with Crippen LogP contribution >= 0.6 is 11.6 Å². The monoisotopic (exact) mass is 449 g/mol. The maximum absolute atomic E-state index is 12.8. The number of nitrogens with two attached hydrogens (primary N) is 1. The maximum atomic E-state index is 12.8. The Labute approximate surface area is 186 Å². The largest absolute Gasteiger partial charge is 0.416 e. The molecule has 0 saturated carbocycles. The fourth-order valence-electron chi connectivity index (χ4n) is 4.77. The predicted molar refractivity (Wildman–Crippen MR) is 121 cm³/mol. The summed E-state index contributed by atoms with van der Waals surface area (Å²) < 4.78 is 38.4. The molecule has 0 aliphatic carbocycles. The van der Waals surface area contributed by atoms with E-state index in [2.05, 4.69) is 16.4 Å². The van der Waals surface area contributed by atoms with E-state index in [-0.39, 0.29) is 0 Å². The van der Waals surface area contributed by atoms with Crippen molar-refractivity contribution in [1.82, 2.24) is 4.90 Å². The number of hydrogen-bond donors (Lipinski definition) is 1. The van der Waals surface area contributed by atoms with E-state index in [4.69, 9.17) is 17.3 Å². The molecule has 2 aliphatic heterocycles. The molecule has 0 atom stereocenters. The van der Waals surface area contributed by atoms with E-state index < -0.39 is 11.7 Å². The molecule has 0 aromatic heterocycles. The van der Waals surface area contributed by atoms with Crippen molar-refractivity contribution in [2.45, 2.75) is 37.8 Å². The predicted octanol–water partition coefficient (Wildman–Crippen LogP) is 6.09. The molecule has 0 bridgehead atoms. The Kier molecular flexibility index (Phi) is 6.22. The Morgan fingerprint density at radius 3 is 2.42 bits per heavy atom. The van der Waals surface area contributed by atoms with Crippen LogP contribution in [-0.4, -0.2) is 31.1 Å². The van der Waals surface area contributed by atoms with E-state index >= 15 is 0 Å². The smallest absolute Gasteiger partial charge is 0.397 e. The van der Waals surface area contributed by atoms with Crippen molar-refractivity contribution in [2.75, 3.05) is 36.8 Å². The average molecular weight is 450 g/mol. The molecule has 1 fully saturated rings. The van der Waals surface area contributed by atoms with Crippen LogP contribution in [-0.2, 0) is 12.6 Å². The number of rotatable bonds is 4. The lowest BCUT2D eigenvalue weighted by molar-refractivity contribution is -0.137. The summed E-state index contributed by atoms with van der Waals surface area (Å²) in [7, 11) is 0. The van der Waals surface area contributed by atoms with Gasteiger partial charge in [0.1, 0.15) is 0 Å². The van der Waals surface area contributed by atoms with Gasteiger partial charge >= 0.3 is 6.18 Å². The normalized spacial score (nSPS) is 18.1. The third-order valence-electron chi connectivity index (χ3n) is 6.37. The Bertz CT molecular complexity index is 948. The molecular weight excluding hydrogens is 423 g/mol. The third kappa shape index (κ3) is 4.85. The summed E-state index contributed by atoms with van der Waals surface area (Å²) in [6.45, 7) is 7.75. The SMILES string of the molecule is C=C(CN1CCC(c2ccc(C(F)(F)F)cc2)CC1)N1CCCc2cc(Cl)cc(N)c21. The van der Waals surface area contributed by atoms with Gasteiger partial charge in [-0.1, -0.05) is 30.3 Å². The minimum atomic E-state index is -4.29. The first-order valence-electron chi connectivity index (χ1n) is 10.6. The number of alkyl halides is 3. The van der Waals surface area contributed by atoms with Crippen LogP contribution in [0.3, 0.4) is 0 Å². The fraction of sp³-hybridized carbons (Fsp3) is 0.417. The van der Waals surface area contributed by atoms with Crippen molar-refractivity contribution in [2.24, 2.45) is 0 Å². The molecule has 0 radical (unpaired) electrons. The molecule has 2 N–H and O–H groups in total. The van der Waals surface area contributed by atoms with Crippen LogP contribution in [0.5, 0.6) is 0 Å². The van der Waals surface area contributed by atoms with Crippen molar-refractivity contribution >= 4 is 23.0 Å². The van der Waals surface area contributed by atoms with E-state index in [0.29, 0.717) is 16.6 Å². The Balaban J connectivity index is 1.36. The second kappa shape index (κ2) is 8.75. The quantitative estimate of drug-likeness (QED) is 0.573. The topological polar surface area (TPSA) is 32.5 Å². The van der Waals surface area contributed by atoms with Gasteiger partial charge in [0.2, 0.25) is 0 Å². The highest BCUT2D eigenvalue weighted by atomic mass is 35.5. The van der Waals surface area contributed by atoms with Crippen LogP contribution in [0.25, 0.3) is 0 Å². The molecule has 1 saturated heterocycles. The van der Waals surface area contributed by atoms with Gasteiger partial charge in [-0.25, -0.2) is 0 Å². The summed E-state index contributed by atoms with van der Waals surface area (Å²) >= 11 is 6.18. The van der Waals surface area contributed by atoms with Crippen molar-refractivity contribution < 1.29 is 13.2 Å². The minimum absolute atomic E-state index is 0.292. The standard InChI is InChI=1S/C24H27ClF3N3/c1-16(31-10-2-3-19-13-21(25)14-22(29)23(19)31)15-30-11-8-18(9-12-30)17-4-6-20(7-5-17)24(26,27)28/h4-7,13-14,18H,1-3,8-12,15,29H2. The minimum Gasteiger partial charge on any atom is -0.397 e. The number of aryl methyl sites for hydroxylation is 1. The molecule has 2 aromatic carbocycles. The second-order valence-electron chi connectivity index (χ2n) is 8.49. The number of halogens is 4. The van der Waals surface area contributed by atoms with Gasteiger partial charge in [-0.05, 0) is 80.1 Å². The maximum Gasteiger partial charge on any atom is 0.416 e. The van der Waals surface area contributed by atoms with E-state index in [1.165, 1.54) is 17.7 Å². The van der Waals surface area contributed by atoms with Crippen molar-refractivity contribution in [3.63, 3.8) is 0 Å². The highest BCUT2D eigenvalue weighted by Gasteiger charge is 2.31. The molecule has 2 aromatic rings. The molecule has 4 rings (SSSR count). The number of anilines is 2. The van der Waals surface area contributed by atoms with Gasteiger partial charge in [0.25, 0.3) is 0 Å². The first-order chi connectivity index (χ1) is 14.7. The first-order valence-corrected chi connectivity index (χ1v) is 11.0. The Morgan fingerprint density at radius 1 is 1.10 bits per heavy atom. The number of fused-ring (bicyclic) bond motifs is 1. The second-order valence-corrected chi connectivity index (χ2v) is 8.93. The lowest BCUT2D eigenvalue weighted by atomic mass is 9.89. The molecule has 31 heavy (non-hydrogen) atoms. The summed E-state index contributed by atoms with van der Waals surface area (Å²) in [6.07, 6.45) is -0.450. The number of benzene rings is 2. The highest BCUT2D eigenvalue weighted by molar-refractivity contribution is 6.31. The van der Waals surface area contributed by atoms with E-state index in [9.17, 15) is 13.2 Å². The van der Waals surface area contributed by atoms with Crippen molar-refractivity contribution in [3.05, 3.63) is 70.4 Å². The lowest BCUT2D eigenvalue weighted by Crippen LogP contribution is -2.39. The van der Waals surface area contributed by atoms with E-state index in [1.807, 2.05) is 6.07 Å². The highest BCUT2D eigenvalue weighted by Crippen LogP contribution is 2.38. The Hall–Kier alpha value is -2.18. The van der Waals surface area contributed by atoms with Gasteiger partial charge in [0.15, 0.2) is 0 Å². The van der Waals surface area contributed by atoms with Crippen LogP contribution in [0.4, 0.5) is 24.5 Å². The van der Waals surface area contributed by atoms with Gasteiger partial charge < -0.3 is 10.6 Å². The van der Waals surface area contributed by atoms with Gasteiger partial charge in [-0.3, -0.25) is 4.90 Å². The molecule has 0 amide bonds. The summed E-state index contributed by atoms with van der Waals surface area (Å²) in [5.41, 5.74) is 10.6. The lowest BCUT2D eigenvalue weighted by Gasteiger charge is -2.38. The number of nitrogens with zero attached hydrogens (tertiary/aromatic N) is 2. The molecule has 2 heterocycles. The number of nitrogen functional groups attached to an aromatic ring is 1. The Morgan fingerprint density at radius 2 is 1.77 bits per heavy atom. The van der Waals surface area contributed by atoms with Crippen LogP contribution in [0.15, 0.2) is 48.7 Å². The van der Waals surface area contributed by atoms with Crippen LogP contribution in [0, 0.1) is 0 Å². The summed E-state index contributed by atoms with van der Waals surface area (Å²) in [4.78, 5) is 4.58. The molecule has 2 aliphatic rings. The van der Waals surface area contributed by atoms with Crippen LogP contribution in [0.1, 0.15) is 41.9 Å². The van der Waals surface area contributed by atoms with Gasteiger partial charge in [0.05, 0.1) is 16.9 Å². The summed E-state index contributed by atoms with van der Waals surface area (Å²) in [5, 5.41) is 0.661. The summed E-state index contributed by atoms with van der Waals surface area (Å²) in [5.74, 6) is 0.292. The third-order valence-corrected chi connectivity index (χ3v) is 6.58. The molecule has 0 spiro atoms. The van der Waals surface area contributed by atoms with Crippen molar-refractivity contribution in [1.29, 1.82) is 0 Å². The molecule has 3 nitrogen and oxygen atoms in total. The van der Waals surface area contributed by atoms with Crippen LogP contribution in [0.2, 0.25) is 5.02 Å². The van der Waals surface area contributed by atoms with Gasteiger partial charge in [-0.2, -0.15) is 13.2 Å². The molecule has 0 unspecified atom stereocenters. The fourth-order valence-corrected chi connectivity index (χ4v) is 5.02. The van der Waals surface area contributed by atoms with E-state index in [0.717, 1.165) is 68.8 Å². The zero-order valence-corrected chi connectivity index (χ0v) is 18.1. The number of piperidine rings is 1. The van der Waals surface area contributed by atoms with Gasteiger partial charge in [0, 0.05) is 23.8 Å². The van der Waals surface area contributed by atoms with Crippen molar-refractivity contribution in [3.8, 4) is 0 Å². The van der Waals surface area contributed by atoms with Gasteiger partial charge in [-0.15, -0.1) is 0 Å². The van der Waals surface area contributed by atoms with E-state index in [1.54, 1.807) is 18.2 Å². The molecular formula is C24H27ClF3N3. The zero-order chi connectivity index (χ0) is 22.2. The number of hydrogen-bond acceptors (Lipinski definition) is 3. The van der Waals surface area contributed by atoms with Crippen LogP contribution < -0.4 is 10.6 Å². The average Bonchev–Trinajstić information content (AvgIpc) is 2.73.